The lowest BCUT2D eigenvalue weighted by molar-refractivity contribution is -0.135. The number of amides is 1. The molecule has 0 aromatic heterocycles. The van der Waals surface area contributed by atoms with E-state index in [1.54, 1.807) is 73.7 Å². The maximum Gasteiger partial charge on any atom is 0.311 e. The molecule has 1 unspecified atom stereocenters. The van der Waals surface area contributed by atoms with E-state index in [9.17, 15) is 14.4 Å². The standard InChI is InChI=1S/C27H24ClNO5/c1-3-5-25(31)34-21-13-8-18(9-14-21)27(17-6-11-20(12-7-17)33-24(30)4-2)22-16-19(28)10-15-23(22)29-26(27)32/h6-16H,3-5H2,1-2H3,(H,29,32). The predicted octanol–water partition coefficient (Wildman–Crippen LogP) is 5.65. The van der Waals surface area contributed by atoms with Crippen molar-refractivity contribution in [3.63, 3.8) is 0 Å². The van der Waals surface area contributed by atoms with Crippen molar-refractivity contribution in [2.24, 2.45) is 0 Å². The van der Waals surface area contributed by atoms with Crippen LogP contribution in [0.4, 0.5) is 5.69 Å². The van der Waals surface area contributed by atoms with E-state index in [1.165, 1.54) is 0 Å². The van der Waals surface area contributed by atoms with Crippen molar-refractivity contribution < 1.29 is 23.9 Å². The van der Waals surface area contributed by atoms with Gasteiger partial charge in [-0.2, -0.15) is 0 Å². The first-order chi connectivity index (χ1) is 16.4. The average Bonchev–Trinajstić information content (AvgIpc) is 3.12. The Morgan fingerprint density at radius 3 is 1.94 bits per heavy atom. The van der Waals surface area contributed by atoms with Crippen molar-refractivity contribution in [3.05, 3.63) is 88.4 Å². The van der Waals surface area contributed by atoms with Gasteiger partial charge in [0, 0.05) is 29.1 Å². The van der Waals surface area contributed by atoms with E-state index in [1.807, 2.05) is 6.92 Å². The molecule has 6 nitrogen and oxygen atoms in total. The van der Waals surface area contributed by atoms with E-state index in [4.69, 9.17) is 21.1 Å². The minimum Gasteiger partial charge on any atom is -0.427 e. The fourth-order valence-corrected chi connectivity index (χ4v) is 4.32. The molecule has 1 aliphatic rings. The third-order valence-corrected chi connectivity index (χ3v) is 5.99. The summed E-state index contributed by atoms with van der Waals surface area (Å²) < 4.78 is 10.7. The highest BCUT2D eigenvalue weighted by Crippen LogP contribution is 2.48. The minimum atomic E-state index is -1.19. The summed E-state index contributed by atoms with van der Waals surface area (Å²) in [6.45, 7) is 3.63. The van der Waals surface area contributed by atoms with Crippen molar-refractivity contribution in [2.75, 3.05) is 5.32 Å². The van der Waals surface area contributed by atoms with Crippen LogP contribution in [0.5, 0.6) is 11.5 Å². The summed E-state index contributed by atoms with van der Waals surface area (Å²) in [5.74, 6) is -0.0827. The number of carbonyl (C=O) groups is 3. The summed E-state index contributed by atoms with van der Waals surface area (Å²) in [7, 11) is 0. The summed E-state index contributed by atoms with van der Waals surface area (Å²) in [5, 5.41) is 3.46. The summed E-state index contributed by atoms with van der Waals surface area (Å²) in [5.41, 5.74) is 1.53. The number of rotatable bonds is 7. The maximum absolute atomic E-state index is 13.6. The zero-order valence-corrected chi connectivity index (χ0v) is 19.6. The molecular weight excluding hydrogens is 454 g/mol. The van der Waals surface area contributed by atoms with Crippen LogP contribution >= 0.6 is 11.6 Å². The van der Waals surface area contributed by atoms with Crippen LogP contribution in [0.15, 0.2) is 66.7 Å². The molecule has 0 aliphatic carbocycles. The number of fused-ring (bicyclic) bond motifs is 1. The molecule has 174 valence electrons. The molecule has 3 aromatic rings. The van der Waals surface area contributed by atoms with Gasteiger partial charge in [0.1, 0.15) is 16.9 Å². The van der Waals surface area contributed by atoms with Gasteiger partial charge in [-0.15, -0.1) is 0 Å². The van der Waals surface area contributed by atoms with Crippen LogP contribution < -0.4 is 14.8 Å². The van der Waals surface area contributed by atoms with Gasteiger partial charge in [0.15, 0.2) is 0 Å². The molecule has 3 aromatic carbocycles. The molecule has 0 radical (unpaired) electrons. The van der Waals surface area contributed by atoms with E-state index < -0.39 is 5.41 Å². The molecule has 0 bridgehead atoms. The van der Waals surface area contributed by atoms with Gasteiger partial charge in [0.05, 0.1) is 0 Å². The lowest BCUT2D eigenvalue weighted by Gasteiger charge is -2.29. The molecule has 4 rings (SSSR count). The first-order valence-corrected chi connectivity index (χ1v) is 11.5. The molecule has 1 heterocycles. The van der Waals surface area contributed by atoms with Crippen LogP contribution in [0.1, 0.15) is 49.8 Å². The number of anilines is 1. The molecule has 7 heteroatoms. The van der Waals surface area contributed by atoms with Crippen molar-refractivity contribution in [1.29, 1.82) is 0 Å². The minimum absolute atomic E-state index is 0.237. The molecule has 0 saturated heterocycles. The Kier molecular flexibility index (Phi) is 6.70. The van der Waals surface area contributed by atoms with Crippen LogP contribution in [0, 0.1) is 0 Å². The Bertz CT molecular complexity index is 1240. The molecule has 0 spiro atoms. The smallest absolute Gasteiger partial charge is 0.311 e. The first kappa shape index (κ1) is 23.5. The predicted molar refractivity (Wildman–Crippen MR) is 129 cm³/mol. The summed E-state index contributed by atoms with van der Waals surface area (Å²) >= 11 is 6.33. The number of hydrogen-bond donors (Lipinski definition) is 1. The zero-order chi connectivity index (χ0) is 24.3. The fourth-order valence-electron chi connectivity index (χ4n) is 4.15. The maximum atomic E-state index is 13.6. The largest absolute Gasteiger partial charge is 0.427 e. The molecular formula is C27H24ClNO5. The number of benzene rings is 3. The normalized spacial score (nSPS) is 16.5. The Labute approximate surface area is 202 Å². The summed E-state index contributed by atoms with van der Waals surface area (Å²) in [6, 6.07) is 19.0. The van der Waals surface area contributed by atoms with E-state index in [0.717, 1.165) is 0 Å². The Morgan fingerprint density at radius 2 is 1.41 bits per heavy atom. The molecule has 0 saturated carbocycles. The van der Waals surface area contributed by atoms with Gasteiger partial charge in [-0.1, -0.05) is 49.7 Å². The summed E-state index contributed by atoms with van der Waals surface area (Å²) in [6.07, 6.45) is 1.28. The van der Waals surface area contributed by atoms with E-state index in [0.29, 0.717) is 51.7 Å². The Morgan fingerprint density at radius 1 is 0.853 bits per heavy atom. The summed E-state index contributed by atoms with van der Waals surface area (Å²) in [4.78, 5) is 37.2. The van der Waals surface area contributed by atoms with Crippen LogP contribution in [0.2, 0.25) is 5.02 Å². The number of nitrogens with one attached hydrogen (secondary N) is 1. The van der Waals surface area contributed by atoms with Gasteiger partial charge in [-0.05, 0) is 60.0 Å². The van der Waals surface area contributed by atoms with Gasteiger partial charge in [-0.3, -0.25) is 14.4 Å². The molecule has 0 fully saturated rings. The second-order valence-corrected chi connectivity index (χ2v) is 8.43. The zero-order valence-electron chi connectivity index (χ0n) is 18.9. The lowest BCUT2D eigenvalue weighted by Crippen LogP contribution is -2.37. The van der Waals surface area contributed by atoms with Crippen LogP contribution in [0.25, 0.3) is 0 Å². The van der Waals surface area contributed by atoms with E-state index >= 15 is 0 Å². The second-order valence-electron chi connectivity index (χ2n) is 7.99. The number of halogens is 1. The Hall–Kier alpha value is -3.64. The van der Waals surface area contributed by atoms with Crippen molar-refractivity contribution in [1.82, 2.24) is 0 Å². The number of carbonyl (C=O) groups excluding carboxylic acids is 3. The first-order valence-electron chi connectivity index (χ1n) is 11.1. The second kappa shape index (κ2) is 9.69. The van der Waals surface area contributed by atoms with E-state index in [-0.39, 0.29) is 24.3 Å². The molecule has 1 amide bonds. The molecule has 1 aliphatic heterocycles. The number of hydrogen-bond acceptors (Lipinski definition) is 5. The number of esters is 2. The quantitative estimate of drug-likeness (QED) is 0.351. The van der Waals surface area contributed by atoms with Crippen molar-refractivity contribution >= 4 is 35.1 Å². The van der Waals surface area contributed by atoms with Crippen LogP contribution in [0.3, 0.4) is 0 Å². The average molecular weight is 478 g/mol. The monoisotopic (exact) mass is 477 g/mol. The highest BCUT2D eigenvalue weighted by atomic mass is 35.5. The van der Waals surface area contributed by atoms with Gasteiger partial charge in [-0.25, -0.2) is 0 Å². The lowest BCUT2D eigenvalue weighted by atomic mass is 9.70. The third-order valence-electron chi connectivity index (χ3n) is 5.76. The van der Waals surface area contributed by atoms with Gasteiger partial charge in [0.25, 0.3) is 0 Å². The van der Waals surface area contributed by atoms with Crippen LogP contribution in [-0.4, -0.2) is 17.8 Å². The molecule has 1 atom stereocenters. The van der Waals surface area contributed by atoms with E-state index in [2.05, 4.69) is 5.32 Å². The SMILES string of the molecule is CCCC(=O)Oc1ccc(C2(c3ccc(OC(=O)CC)cc3)C(=O)Nc3ccc(Cl)cc32)cc1. The molecule has 34 heavy (non-hydrogen) atoms. The number of ether oxygens (including phenoxy) is 2. The van der Waals surface area contributed by atoms with Crippen molar-refractivity contribution in [3.8, 4) is 11.5 Å². The highest BCUT2D eigenvalue weighted by Gasteiger charge is 2.49. The highest BCUT2D eigenvalue weighted by molar-refractivity contribution is 6.31. The fraction of sp³-hybridized carbons (Fsp3) is 0.222. The topological polar surface area (TPSA) is 81.7 Å². The van der Waals surface area contributed by atoms with Gasteiger partial charge < -0.3 is 14.8 Å². The van der Waals surface area contributed by atoms with Gasteiger partial charge >= 0.3 is 11.9 Å². The third kappa shape index (κ3) is 4.29. The van der Waals surface area contributed by atoms with Gasteiger partial charge in [0.2, 0.25) is 5.91 Å². The van der Waals surface area contributed by atoms with Crippen LogP contribution in [-0.2, 0) is 19.8 Å². The van der Waals surface area contributed by atoms with Crippen molar-refractivity contribution in [2.45, 2.75) is 38.5 Å². The Balaban J connectivity index is 1.81. The molecule has 1 N–H and O–H groups in total.